The summed E-state index contributed by atoms with van der Waals surface area (Å²) in [6, 6.07) is 3.54. The Morgan fingerprint density at radius 3 is 2.17 bits per heavy atom. The molecule has 2 rings (SSSR count). The second-order valence-electron chi connectivity index (χ2n) is 3.73. The van der Waals surface area contributed by atoms with E-state index in [9.17, 15) is 4.79 Å². The zero-order valence-electron chi connectivity index (χ0n) is 10.5. The Bertz CT molecular complexity index is 435. The zero-order valence-corrected chi connectivity index (χ0v) is 10.5. The van der Waals surface area contributed by atoms with E-state index in [2.05, 4.69) is 5.32 Å². The quantitative estimate of drug-likeness (QED) is 0.880. The van der Waals surface area contributed by atoms with Crippen molar-refractivity contribution in [2.45, 2.75) is 6.10 Å². The van der Waals surface area contributed by atoms with Crippen LogP contribution in [0, 0.1) is 0 Å². The van der Waals surface area contributed by atoms with Crippen molar-refractivity contribution in [3.63, 3.8) is 0 Å². The van der Waals surface area contributed by atoms with Crippen LogP contribution in [0.5, 0.6) is 17.2 Å². The van der Waals surface area contributed by atoms with Gasteiger partial charge in [-0.15, -0.1) is 0 Å². The van der Waals surface area contributed by atoms with E-state index in [1.165, 1.54) is 7.11 Å². The predicted octanol–water partition coefficient (Wildman–Crippen LogP) is 1.49. The molecule has 1 amide bonds. The highest BCUT2D eigenvalue weighted by Gasteiger charge is 2.26. The molecule has 0 spiro atoms. The summed E-state index contributed by atoms with van der Waals surface area (Å²) in [7, 11) is 4.62. The lowest BCUT2D eigenvalue weighted by atomic mass is 10.1. The van der Waals surface area contributed by atoms with Crippen molar-refractivity contribution < 1.29 is 23.7 Å². The molecule has 18 heavy (non-hydrogen) atoms. The van der Waals surface area contributed by atoms with Gasteiger partial charge in [-0.1, -0.05) is 0 Å². The van der Waals surface area contributed by atoms with E-state index < -0.39 is 6.09 Å². The standard InChI is InChI=1S/C12H15NO5/c1-15-8-4-7(10-6-13-12(14)18-10)5-9(16-2)11(8)17-3/h4-5,10H,6H2,1-3H3,(H,13,14). The van der Waals surface area contributed by atoms with Gasteiger partial charge in [-0.3, -0.25) is 0 Å². The van der Waals surface area contributed by atoms with Crippen molar-refractivity contribution in [3.8, 4) is 17.2 Å². The number of ether oxygens (including phenoxy) is 4. The fourth-order valence-electron chi connectivity index (χ4n) is 1.86. The van der Waals surface area contributed by atoms with Crippen molar-refractivity contribution in [1.82, 2.24) is 5.32 Å². The molecule has 1 aliphatic rings. The molecule has 1 N–H and O–H groups in total. The zero-order chi connectivity index (χ0) is 13.1. The van der Waals surface area contributed by atoms with Crippen LogP contribution < -0.4 is 19.5 Å². The van der Waals surface area contributed by atoms with Crippen molar-refractivity contribution in [2.24, 2.45) is 0 Å². The maximum absolute atomic E-state index is 11.0. The summed E-state index contributed by atoms with van der Waals surface area (Å²) >= 11 is 0. The molecule has 1 aliphatic heterocycles. The molecule has 6 nitrogen and oxygen atoms in total. The van der Waals surface area contributed by atoms with Crippen LogP contribution in [0.2, 0.25) is 0 Å². The fraction of sp³-hybridized carbons (Fsp3) is 0.417. The number of amides is 1. The molecule has 1 aromatic rings. The summed E-state index contributed by atoms with van der Waals surface area (Å²) in [6.07, 6.45) is -0.764. The van der Waals surface area contributed by atoms with E-state index in [0.29, 0.717) is 23.8 Å². The third kappa shape index (κ3) is 2.13. The second-order valence-corrected chi connectivity index (χ2v) is 3.73. The number of benzene rings is 1. The number of carbonyl (C=O) groups is 1. The lowest BCUT2D eigenvalue weighted by Crippen LogP contribution is -2.12. The Kier molecular flexibility index (Phi) is 3.45. The van der Waals surface area contributed by atoms with Gasteiger partial charge < -0.3 is 24.3 Å². The minimum absolute atomic E-state index is 0.341. The molecule has 6 heteroatoms. The van der Waals surface area contributed by atoms with E-state index in [1.54, 1.807) is 26.4 Å². The molecule has 0 saturated carbocycles. The minimum Gasteiger partial charge on any atom is -0.493 e. The lowest BCUT2D eigenvalue weighted by molar-refractivity contribution is 0.140. The highest BCUT2D eigenvalue weighted by atomic mass is 16.6. The third-order valence-electron chi connectivity index (χ3n) is 2.74. The molecule has 1 saturated heterocycles. The number of nitrogens with one attached hydrogen (secondary N) is 1. The number of alkyl carbamates (subject to hydrolysis) is 1. The highest BCUT2D eigenvalue weighted by molar-refractivity contribution is 5.70. The highest BCUT2D eigenvalue weighted by Crippen LogP contribution is 2.40. The Morgan fingerprint density at radius 2 is 1.78 bits per heavy atom. The van der Waals surface area contributed by atoms with Gasteiger partial charge in [-0.2, -0.15) is 0 Å². The molecule has 0 bridgehead atoms. The van der Waals surface area contributed by atoms with Crippen LogP contribution in [0.25, 0.3) is 0 Å². The lowest BCUT2D eigenvalue weighted by Gasteiger charge is -2.16. The Morgan fingerprint density at radius 1 is 1.17 bits per heavy atom. The van der Waals surface area contributed by atoms with Crippen molar-refractivity contribution in [3.05, 3.63) is 17.7 Å². The van der Waals surface area contributed by atoms with Gasteiger partial charge in [0.2, 0.25) is 5.75 Å². The molecule has 1 unspecified atom stereocenters. The number of rotatable bonds is 4. The Labute approximate surface area is 105 Å². The van der Waals surface area contributed by atoms with Gasteiger partial charge in [0, 0.05) is 5.56 Å². The van der Waals surface area contributed by atoms with E-state index in [4.69, 9.17) is 18.9 Å². The van der Waals surface area contributed by atoms with Crippen LogP contribution in [0.4, 0.5) is 4.79 Å². The number of hydrogen-bond donors (Lipinski definition) is 1. The molecule has 1 atom stereocenters. The van der Waals surface area contributed by atoms with Gasteiger partial charge in [-0.05, 0) is 12.1 Å². The summed E-state index contributed by atoms with van der Waals surface area (Å²) in [4.78, 5) is 11.0. The molecule has 0 aliphatic carbocycles. The molecular weight excluding hydrogens is 238 g/mol. The van der Waals surface area contributed by atoms with Crippen LogP contribution in [0.3, 0.4) is 0 Å². The summed E-state index contributed by atoms with van der Waals surface area (Å²) in [5.41, 5.74) is 0.794. The number of hydrogen-bond acceptors (Lipinski definition) is 5. The maximum atomic E-state index is 11.0. The van der Waals surface area contributed by atoms with Crippen molar-refractivity contribution >= 4 is 6.09 Å². The summed E-state index contributed by atoms with van der Waals surface area (Å²) in [5, 5.41) is 2.60. The van der Waals surface area contributed by atoms with E-state index >= 15 is 0 Å². The molecule has 1 aromatic carbocycles. The number of cyclic esters (lactones) is 1. The normalized spacial score (nSPS) is 17.9. The van der Waals surface area contributed by atoms with Crippen molar-refractivity contribution in [2.75, 3.05) is 27.9 Å². The van der Waals surface area contributed by atoms with E-state index in [1.807, 2.05) is 0 Å². The molecule has 0 radical (unpaired) electrons. The average Bonchev–Trinajstić information content (AvgIpc) is 2.83. The molecular formula is C12H15NO5. The monoisotopic (exact) mass is 253 g/mol. The third-order valence-corrected chi connectivity index (χ3v) is 2.74. The van der Waals surface area contributed by atoms with E-state index in [0.717, 1.165) is 5.56 Å². The van der Waals surface area contributed by atoms with Crippen LogP contribution in [0.15, 0.2) is 12.1 Å². The van der Waals surface area contributed by atoms with E-state index in [-0.39, 0.29) is 6.10 Å². The molecule has 98 valence electrons. The second kappa shape index (κ2) is 5.03. The fourth-order valence-corrected chi connectivity index (χ4v) is 1.86. The number of methoxy groups -OCH3 is 3. The number of carbonyl (C=O) groups excluding carboxylic acids is 1. The van der Waals surface area contributed by atoms with Gasteiger partial charge >= 0.3 is 6.09 Å². The Balaban J connectivity index is 2.40. The van der Waals surface area contributed by atoms with Gasteiger partial charge in [-0.25, -0.2) is 4.79 Å². The van der Waals surface area contributed by atoms with Gasteiger partial charge in [0.05, 0.1) is 27.9 Å². The largest absolute Gasteiger partial charge is 0.493 e. The van der Waals surface area contributed by atoms with Crippen LogP contribution in [0.1, 0.15) is 11.7 Å². The van der Waals surface area contributed by atoms with Crippen LogP contribution >= 0.6 is 0 Å². The summed E-state index contributed by atoms with van der Waals surface area (Å²) in [5.74, 6) is 1.59. The smallest absolute Gasteiger partial charge is 0.407 e. The molecule has 1 heterocycles. The topological polar surface area (TPSA) is 66.0 Å². The minimum atomic E-state index is -0.422. The van der Waals surface area contributed by atoms with Crippen LogP contribution in [-0.4, -0.2) is 34.0 Å². The van der Waals surface area contributed by atoms with Gasteiger partial charge in [0.15, 0.2) is 11.5 Å². The first-order valence-electron chi connectivity index (χ1n) is 5.44. The predicted molar refractivity (Wildman–Crippen MR) is 63.3 cm³/mol. The summed E-state index contributed by atoms with van der Waals surface area (Å²) in [6.45, 7) is 0.428. The average molecular weight is 253 g/mol. The van der Waals surface area contributed by atoms with Crippen LogP contribution in [-0.2, 0) is 4.74 Å². The van der Waals surface area contributed by atoms with Crippen molar-refractivity contribution in [1.29, 1.82) is 0 Å². The Hall–Kier alpha value is -2.11. The first-order chi connectivity index (χ1) is 8.69. The SMILES string of the molecule is COc1cc(C2CNC(=O)O2)cc(OC)c1OC. The maximum Gasteiger partial charge on any atom is 0.407 e. The molecule has 0 aromatic heterocycles. The molecule has 1 fully saturated rings. The van der Waals surface area contributed by atoms with Gasteiger partial charge in [0.25, 0.3) is 0 Å². The van der Waals surface area contributed by atoms with Gasteiger partial charge in [0.1, 0.15) is 6.10 Å². The first-order valence-corrected chi connectivity index (χ1v) is 5.44. The first kappa shape index (κ1) is 12.3. The summed E-state index contributed by atoms with van der Waals surface area (Å²) < 4.78 is 20.8.